The number of imidazole rings is 1. The number of fused-ring (bicyclic) bond motifs is 1. The molecular weight excluding hydrogens is 617 g/mol. The van der Waals surface area contributed by atoms with Crippen molar-refractivity contribution in [2.24, 2.45) is 0 Å². The Kier molecular flexibility index (Phi) is 7.32. The van der Waals surface area contributed by atoms with Crippen molar-refractivity contribution in [2.45, 2.75) is 39.5 Å². The van der Waals surface area contributed by atoms with Gasteiger partial charge in [-0.05, 0) is 48.7 Å². The first-order valence-corrected chi connectivity index (χ1v) is 11.5. The van der Waals surface area contributed by atoms with Crippen LogP contribution in [0.3, 0.4) is 0 Å². The molecule has 1 aliphatic rings. The summed E-state index contributed by atoms with van der Waals surface area (Å²) in [6, 6.07) is 20.5. The molecule has 0 saturated heterocycles. The fourth-order valence-corrected chi connectivity index (χ4v) is 4.20. The van der Waals surface area contributed by atoms with Crippen LogP contribution in [-0.4, -0.2) is 26.3 Å². The summed E-state index contributed by atoms with van der Waals surface area (Å²) in [6.45, 7) is 10.7. The number of hydrogen-bond acceptors (Lipinski definition) is 5. The van der Waals surface area contributed by atoms with Gasteiger partial charge in [0.15, 0.2) is 0 Å². The van der Waals surface area contributed by atoms with E-state index in [4.69, 9.17) is 9.72 Å². The van der Waals surface area contributed by atoms with Crippen molar-refractivity contribution < 1.29 is 25.8 Å². The number of pyridine rings is 2. The number of aromatic nitrogens is 3. The molecule has 1 aliphatic heterocycles. The Bertz CT molecular complexity index is 1350. The van der Waals surface area contributed by atoms with Crippen molar-refractivity contribution in [3.8, 4) is 22.9 Å². The van der Waals surface area contributed by atoms with Crippen molar-refractivity contribution >= 4 is 11.3 Å². The molecule has 0 saturated carbocycles. The fraction of sp³-hybridized carbons (Fsp3) is 0.250. The van der Waals surface area contributed by atoms with Crippen molar-refractivity contribution in [1.29, 1.82) is 0 Å². The third kappa shape index (κ3) is 4.99. The van der Waals surface area contributed by atoms with Gasteiger partial charge in [0.1, 0.15) is 0 Å². The number of hydrogen-bond donors (Lipinski definition) is 0. The zero-order chi connectivity index (χ0) is 23.8. The van der Waals surface area contributed by atoms with E-state index in [1.54, 1.807) is 6.20 Å². The zero-order valence-corrected chi connectivity index (χ0v) is 22.7. The fourth-order valence-electron chi connectivity index (χ4n) is 4.20. The topological polar surface area (TPSA) is 45.9 Å². The van der Waals surface area contributed by atoms with E-state index < -0.39 is 0 Å². The quantitative estimate of drug-likeness (QED) is 0.228. The summed E-state index contributed by atoms with van der Waals surface area (Å²) in [5, 5.41) is 0. The summed E-state index contributed by atoms with van der Waals surface area (Å²) in [5.41, 5.74) is 5.66. The van der Waals surface area contributed by atoms with E-state index in [0.717, 1.165) is 28.4 Å². The Morgan fingerprint density at radius 3 is 2.43 bits per heavy atom. The first kappa shape index (κ1) is 25.0. The molecule has 0 atom stereocenters. The SMILES string of the molecule is CC(C)c1nc2cc(Oc3[c-]c(N4C=CN(C)[CH-]4)ccc3)[c-]c(-c3ccccn3)n2c1C(C)C.[Pt]. The molecule has 0 aliphatic carbocycles. The van der Waals surface area contributed by atoms with Gasteiger partial charge >= 0.3 is 0 Å². The Balaban J connectivity index is 0.00000289. The van der Waals surface area contributed by atoms with E-state index >= 15 is 0 Å². The molecule has 0 fully saturated rings. The minimum absolute atomic E-state index is 0. The molecule has 0 amide bonds. The average molecular weight is 646 g/mol. The summed E-state index contributed by atoms with van der Waals surface area (Å²) < 4.78 is 8.45. The van der Waals surface area contributed by atoms with Gasteiger partial charge in [0.05, 0.1) is 11.3 Å². The molecule has 4 heterocycles. The van der Waals surface area contributed by atoms with E-state index in [-0.39, 0.29) is 21.1 Å². The summed E-state index contributed by atoms with van der Waals surface area (Å²) in [6.07, 6.45) is 5.77. The number of ether oxygens (including phenoxy) is 1. The number of rotatable bonds is 6. The summed E-state index contributed by atoms with van der Waals surface area (Å²) in [7, 11) is 1.99. The second-order valence-corrected chi connectivity index (χ2v) is 9.07. The molecule has 0 bridgehead atoms. The van der Waals surface area contributed by atoms with Crippen molar-refractivity contribution in [2.75, 3.05) is 11.9 Å². The molecule has 35 heavy (non-hydrogen) atoms. The molecule has 0 spiro atoms. The van der Waals surface area contributed by atoms with Gasteiger partial charge in [-0.3, -0.25) is 0 Å². The maximum atomic E-state index is 6.28. The molecule has 7 heteroatoms. The van der Waals surface area contributed by atoms with Gasteiger partial charge < -0.3 is 23.9 Å². The van der Waals surface area contributed by atoms with Crippen LogP contribution in [0.2, 0.25) is 0 Å². The average Bonchev–Trinajstić information content (AvgIpc) is 3.43. The minimum atomic E-state index is 0. The van der Waals surface area contributed by atoms with Gasteiger partial charge in [-0.1, -0.05) is 45.9 Å². The van der Waals surface area contributed by atoms with Crippen LogP contribution in [0.25, 0.3) is 17.0 Å². The van der Waals surface area contributed by atoms with E-state index in [2.05, 4.69) is 49.2 Å². The van der Waals surface area contributed by atoms with Gasteiger partial charge in [0.2, 0.25) is 0 Å². The van der Waals surface area contributed by atoms with Crippen LogP contribution in [0.15, 0.2) is 61.1 Å². The van der Waals surface area contributed by atoms with E-state index in [9.17, 15) is 0 Å². The maximum Gasteiger partial charge on any atom is 0.0834 e. The summed E-state index contributed by atoms with van der Waals surface area (Å²) in [5.74, 6) is 1.78. The second kappa shape index (κ2) is 10.2. The first-order chi connectivity index (χ1) is 16.4. The summed E-state index contributed by atoms with van der Waals surface area (Å²) >= 11 is 0. The molecule has 184 valence electrons. The Morgan fingerprint density at radius 1 is 0.943 bits per heavy atom. The zero-order valence-electron chi connectivity index (χ0n) is 20.5. The predicted octanol–water partition coefficient (Wildman–Crippen LogP) is 6.38. The molecular formula is C28H28N5OPt-3. The van der Waals surface area contributed by atoms with Gasteiger partial charge in [-0.2, -0.15) is 12.7 Å². The van der Waals surface area contributed by atoms with E-state index in [1.165, 1.54) is 5.69 Å². The van der Waals surface area contributed by atoms with Crippen LogP contribution >= 0.6 is 0 Å². The van der Waals surface area contributed by atoms with E-state index in [1.807, 2.05) is 78.4 Å². The number of nitrogens with zero attached hydrogens (tertiary/aromatic N) is 5. The Hall–Kier alpha value is -3.11. The third-order valence-electron chi connectivity index (χ3n) is 5.71. The van der Waals surface area contributed by atoms with Crippen LogP contribution in [0.4, 0.5) is 5.69 Å². The minimum Gasteiger partial charge on any atom is -0.510 e. The molecule has 1 aromatic carbocycles. The maximum absolute atomic E-state index is 6.28. The standard InChI is InChI=1S/C28H28N5O.Pt/c1-19(2)27-28(20(3)4)33-25(24-11-6-7-12-29-24)16-23(17-26(33)30-27)34-22-10-8-9-21(15-22)32-14-13-31(5)18-32;/h6-14,17-20H,1-5H3;/q-3;. The van der Waals surface area contributed by atoms with Gasteiger partial charge in [-0.15, -0.1) is 30.0 Å². The van der Waals surface area contributed by atoms with Crippen LogP contribution in [-0.2, 0) is 21.1 Å². The Morgan fingerprint density at radius 2 is 1.77 bits per heavy atom. The van der Waals surface area contributed by atoms with Crippen LogP contribution in [0.5, 0.6) is 11.5 Å². The largest absolute Gasteiger partial charge is 0.510 e. The smallest absolute Gasteiger partial charge is 0.0834 e. The van der Waals surface area contributed by atoms with Crippen LogP contribution in [0, 0.1) is 18.8 Å². The van der Waals surface area contributed by atoms with E-state index in [0.29, 0.717) is 23.3 Å². The van der Waals surface area contributed by atoms with Gasteiger partial charge in [-0.25, -0.2) is 4.98 Å². The third-order valence-corrected chi connectivity index (χ3v) is 5.71. The van der Waals surface area contributed by atoms with Crippen LogP contribution in [0.1, 0.15) is 50.9 Å². The van der Waals surface area contributed by atoms with Crippen molar-refractivity contribution in [1.82, 2.24) is 19.3 Å². The van der Waals surface area contributed by atoms with Crippen LogP contribution < -0.4 is 9.64 Å². The predicted molar refractivity (Wildman–Crippen MR) is 134 cm³/mol. The molecule has 5 rings (SSSR count). The molecule has 3 aromatic heterocycles. The monoisotopic (exact) mass is 645 g/mol. The molecule has 6 nitrogen and oxygen atoms in total. The normalized spacial score (nSPS) is 13.2. The second-order valence-electron chi connectivity index (χ2n) is 9.07. The molecule has 0 unspecified atom stereocenters. The summed E-state index contributed by atoms with van der Waals surface area (Å²) in [4.78, 5) is 13.6. The number of anilines is 1. The van der Waals surface area contributed by atoms with Gasteiger partial charge in [0, 0.05) is 44.5 Å². The Labute approximate surface area is 221 Å². The molecule has 0 N–H and O–H groups in total. The van der Waals surface area contributed by atoms with Crippen molar-refractivity contribution in [3.05, 3.63) is 91.3 Å². The first-order valence-electron chi connectivity index (χ1n) is 11.5. The molecule has 4 aromatic rings. The number of benzene rings is 1. The molecule has 0 radical (unpaired) electrons. The van der Waals surface area contributed by atoms with Gasteiger partial charge in [0.25, 0.3) is 0 Å². The van der Waals surface area contributed by atoms with Crippen molar-refractivity contribution in [3.63, 3.8) is 0 Å².